The lowest BCUT2D eigenvalue weighted by molar-refractivity contribution is -0.169. The number of ketones is 2. The maximum Gasteiger partial charge on any atom is 0.389 e. The zero-order chi connectivity index (χ0) is 51.9. The molecule has 3 rings (SSSR count). The van der Waals surface area contributed by atoms with Crippen molar-refractivity contribution in [1.29, 1.82) is 5.26 Å². The van der Waals surface area contributed by atoms with Crippen LogP contribution in [0.25, 0.3) is 16.6 Å². The van der Waals surface area contributed by atoms with Crippen molar-refractivity contribution in [3.63, 3.8) is 0 Å². The van der Waals surface area contributed by atoms with Crippen LogP contribution in [0.4, 0.5) is 13.2 Å². The van der Waals surface area contributed by atoms with E-state index in [1.165, 1.54) is 30.8 Å². The molecule has 7 atom stereocenters. The van der Waals surface area contributed by atoms with Gasteiger partial charge in [0.15, 0.2) is 17.7 Å². The van der Waals surface area contributed by atoms with Crippen LogP contribution in [0.15, 0.2) is 60.8 Å². The number of carbonyl (C=O) groups excluding carboxylic acids is 6. The van der Waals surface area contributed by atoms with Crippen LogP contribution in [0, 0.1) is 35.0 Å². The highest BCUT2D eigenvalue weighted by molar-refractivity contribution is 5.97. The maximum absolute atomic E-state index is 15.0. The molecule has 2 aromatic carbocycles. The summed E-state index contributed by atoms with van der Waals surface area (Å²) in [5, 5.41) is 19.2. The predicted octanol–water partition coefficient (Wildman–Crippen LogP) is 7.30. The van der Waals surface area contributed by atoms with Crippen molar-refractivity contribution in [3.8, 4) is 11.8 Å². The monoisotopic (exact) mass is 967 g/mol. The lowest BCUT2D eigenvalue weighted by Gasteiger charge is -2.34. The Morgan fingerprint density at radius 2 is 1.32 bits per heavy atom. The normalized spacial score (nSPS) is 14.8. The third-order valence-corrected chi connectivity index (χ3v) is 12.5. The van der Waals surface area contributed by atoms with Gasteiger partial charge in [-0.15, -0.1) is 0 Å². The molecule has 0 radical (unpaired) electrons. The zero-order valence-corrected chi connectivity index (χ0v) is 41.2. The number of hydrogen-bond acceptors (Lipinski definition) is 10. The summed E-state index contributed by atoms with van der Waals surface area (Å²) in [6.45, 7) is 10.5. The van der Waals surface area contributed by atoms with E-state index in [-0.39, 0.29) is 49.7 Å². The number of carboxylic acids is 1. The molecular weight excluding hydrogens is 898 g/mol. The molecule has 3 amide bonds. The molecule has 0 aliphatic heterocycles. The Morgan fingerprint density at radius 3 is 1.88 bits per heavy atom. The SMILES string of the molecule is CC[C@H](N)C(=O)N(C)[C@@H](CC(C)C)C(=O)C[C@@H](CC(C)C)C(=O)N(C)[C@@H](Cc1cn(-c2ccccc2)c2ccccc12)C(=O)C[C@@H](CCC(F)(F)F)C(=O)N(C)[C@@H](C)C(=O)O[C@H](CCC#N)C(=O)O. The molecule has 0 saturated heterocycles. The fourth-order valence-electron chi connectivity index (χ4n) is 8.43. The van der Waals surface area contributed by atoms with E-state index in [2.05, 4.69) is 0 Å². The third-order valence-electron chi connectivity index (χ3n) is 12.5. The number of aromatic nitrogens is 1. The molecule has 3 N–H and O–H groups in total. The van der Waals surface area contributed by atoms with Crippen LogP contribution in [-0.4, -0.2) is 123 Å². The van der Waals surface area contributed by atoms with Crippen LogP contribution in [-0.2, 0) is 44.7 Å². The number of alkyl halides is 3. The third kappa shape index (κ3) is 16.3. The Morgan fingerprint density at radius 1 is 0.768 bits per heavy atom. The first kappa shape index (κ1) is 57.2. The number of rotatable bonds is 27. The number of nitrogens with two attached hydrogens (primary N) is 1. The first-order chi connectivity index (χ1) is 32.3. The van der Waals surface area contributed by atoms with Crippen LogP contribution in [0.2, 0.25) is 0 Å². The lowest BCUT2D eigenvalue weighted by Crippen LogP contribution is -2.51. The molecule has 18 heteroatoms. The molecule has 1 aromatic heterocycles. The number of carbonyl (C=O) groups is 7. The van der Waals surface area contributed by atoms with Gasteiger partial charge in [-0.2, -0.15) is 18.4 Å². The Labute approximate surface area is 403 Å². The van der Waals surface area contributed by atoms with Gasteiger partial charge < -0.3 is 34.8 Å². The second-order valence-electron chi connectivity index (χ2n) is 18.8. The second-order valence-corrected chi connectivity index (χ2v) is 18.8. The van der Waals surface area contributed by atoms with Crippen LogP contribution < -0.4 is 5.73 Å². The van der Waals surface area contributed by atoms with Gasteiger partial charge in [-0.3, -0.25) is 24.0 Å². The topological polar surface area (TPSA) is 213 Å². The fraction of sp³-hybridized carbons (Fsp3) is 0.569. The number of aliphatic carboxylic acids is 1. The standard InChI is InChI=1S/C51H69F3N6O9/c1-10-39(56)48(65)59(9)41(26-32(4)5)44(62)29-35(25-31(2)3)47(64)58(8)42(27-36-30-60(37-17-12-11-13-18-37)40-20-15-14-19-38(36)40)43(61)28-34(22-23-51(52,53)54)46(63)57(7)33(6)50(68)69-45(49(66)67)21-16-24-55/h11-15,17-20,30-35,39,41-42,45H,10,16,21-23,25-29,56H2,1-9H3,(H,66,67)/t33-,34+,35+,39-,41-,42-,45+/m0/s1. The molecule has 0 unspecified atom stereocenters. The van der Waals surface area contributed by atoms with Gasteiger partial charge in [0.25, 0.3) is 0 Å². The number of benzene rings is 2. The van der Waals surface area contributed by atoms with Crippen LogP contribution in [0.1, 0.15) is 105 Å². The van der Waals surface area contributed by atoms with Gasteiger partial charge in [-0.25, -0.2) is 9.59 Å². The van der Waals surface area contributed by atoms with Crippen LogP contribution in [0.5, 0.6) is 0 Å². The van der Waals surface area contributed by atoms with Gasteiger partial charge in [0.1, 0.15) is 6.04 Å². The van der Waals surface area contributed by atoms with E-state index in [1.54, 1.807) is 19.1 Å². The highest BCUT2D eigenvalue weighted by Crippen LogP contribution is 2.32. The number of nitriles is 1. The van der Waals surface area contributed by atoms with Crippen molar-refractivity contribution in [2.45, 2.75) is 142 Å². The van der Waals surface area contributed by atoms with Gasteiger partial charge >= 0.3 is 18.1 Å². The Hall–Kier alpha value is -6.09. The second kappa shape index (κ2) is 26.0. The van der Waals surface area contributed by atoms with Crippen molar-refractivity contribution in [3.05, 3.63) is 66.4 Å². The summed E-state index contributed by atoms with van der Waals surface area (Å²) in [6.07, 6.45) is -8.03. The van der Waals surface area contributed by atoms with E-state index >= 15 is 0 Å². The quantitative estimate of drug-likeness (QED) is 0.0724. The number of para-hydroxylation sites is 2. The number of nitrogens with zero attached hydrogens (tertiary/aromatic N) is 5. The minimum atomic E-state index is -4.75. The van der Waals surface area contributed by atoms with Gasteiger partial charge in [0.05, 0.1) is 29.7 Å². The molecule has 0 aliphatic rings. The number of fused-ring (bicyclic) bond motifs is 1. The predicted molar refractivity (Wildman–Crippen MR) is 253 cm³/mol. The van der Waals surface area contributed by atoms with E-state index in [1.807, 2.05) is 87.0 Å². The van der Waals surface area contributed by atoms with Crippen LogP contribution in [0.3, 0.4) is 0 Å². The Bertz CT molecular complexity index is 2290. The smallest absolute Gasteiger partial charge is 0.389 e. The van der Waals surface area contributed by atoms with Gasteiger partial charge in [-0.05, 0) is 68.2 Å². The minimum Gasteiger partial charge on any atom is -0.479 e. The van der Waals surface area contributed by atoms with E-state index in [4.69, 9.17) is 15.7 Å². The van der Waals surface area contributed by atoms with Crippen LogP contribution >= 0.6 is 0 Å². The molecule has 0 aliphatic carbocycles. The van der Waals surface area contributed by atoms with Gasteiger partial charge in [0.2, 0.25) is 17.7 Å². The summed E-state index contributed by atoms with van der Waals surface area (Å²) in [7, 11) is 4.02. The zero-order valence-electron chi connectivity index (χ0n) is 41.2. The van der Waals surface area contributed by atoms with E-state index in [0.717, 1.165) is 28.5 Å². The highest BCUT2D eigenvalue weighted by Gasteiger charge is 2.40. The molecule has 1 heterocycles. The fourth-order valence-corrected chi connectivity index (χ4v) is 8.43. The Balaban J connectivity index is 2.15. The summed E-state index contributed by atoms with van der Waals surface area (Å²) in [6, 6.07) is 13.8. The molecule has 69 heavy (non-hydrogen) atoms. The van der Waals surface area contributed by atoms with Crippen molar-refractivity contribution in [2.75, 3.05) is 21.1 Å². The van der Waals surface area contributed by atoms with Crippen molar-refractivity contribution >= 4 is 52.1 Å². The maximum atomic E-state index is 15.0. The molecule has 0 bridgehead atoms. The summed E-state index contributed by atoms with van der Waals surface area (Å²) in [5.74, 6) is -8.74. The molecule has 0 saturated carbocycles. The van der Waals surface area contributed by atoms with E-state index < -0.39 is 103 Å². The average molecular weight is 967 g/mol. The summed E-state index contributed by atoms with van der Waals surface area (Å²) < 4.78 is 48.7. The Kier molecular flexibility index (Phi) is 21.6. The summed E-state index contributed by atoms with van der Waals surface area (Å²) in [4.78, 5) is 100.0. The molecule has 3 aromatic rings. The molecule has 0 spiro atoms. The number of amides is 3. The summed E-state index contributed by atoms with van der Waals surface area (Å²) >= 11 is 0. The number of likely N-dealkylation sites (N-methyl/N-ethyl adjacent to an activating group) is 3. The van der Waals surface area contributed by atoms with E-state index in [0.29, 0.717) is 18.4 Å². The van der Waals surface area contributed by atoms with E-state index in [9.17, 15) is 51.8 Å². The lowest BCUT2D eigenvalue weighted by atomic mass is 9.85. The largest absolute Gasteiger partial charge is 0.479 e. The molecule has 378 valence electrons. The number of halogens is 3. The first-order valence-corrected chi connectivity index (χ1v) is 23.5. The first-order valence-electron chi connectivity index (χ1n) is 23.5. The highest BCUT2D eigenvalue weighted by atomic mass is 19.4. The number of hydrogen-bond donors (Lipinski definition) is 2. The molecule has 15 nitrogen and oxygen atoms in total. The van der Waals surface area contributed by atoms with Gasteiger partial charge in [-0.1, -0.05) is 71.0 Å². The van der Waals surface area contributed by atoms with Gasteiger partial charge in [0, 0.05) is 88.8 Å². The average Bonchev–Trinajstić information content (AvgIpc) is 3.67. The van der Waals surface area contributed by atoms with Crippen molar-refractivity contribution in [1.82, 2.24) is 19.3 Å². The van der Waals surface area contributed by atoms with Crippen molar-refractivity contribution in [2.24, 2.45) is 29.4 Å². The number of Topliss-reactive ketones (excluding diaryl/α,β-unsaturated/α-hetero) is 2. The molecular formula is C51H69F3N6O9. The minimum absolute atomic E-state index is 0.0225. The molecule has 0 fully saturated rings. The number of esters is 1. The van der Waals surface area contributed by atoms with Crippen molar-refractivity contribution < 1.29 is 56.6 Å². The number of carboxylic acid groups (broad SMARTS) is 1. The number of ether oxygens (including phenoxy) is 1. The summed E-state index contributed by atoms with van der Waals surface area (Å²) in [5.41, 5.74) is 8.24.